The maximum atomic E-state index is 12.3. The predicted octanol–water partition coefficient (Wildman–Crippen LogP) is 0.322. The molecule has 22 heavy (non-hydrogen) atoms. The molecule has 1 aliphatic rings. The highest BCUT2D eigenvalue weighted by atomic mass is 32.2. The van der Waals surface area contributed by atoms with Crippen molar-refractivity contribution < 1.29 is 27.2 Å². The van der Waals surface area contributed by atoms with Crippen molar-refractivity contribution in [1.29, 1.82) is 0 Å². The molecule has 1 aromatic heterocycles. The molecule has 9 heteroatoms. The molecule has 0 bridgehead atoms. The van der Waals surface area contributed by atoms with Crippen molar-refractivity contribution in [3.63, 3.8) is 0 Å². The van der Waals surface area contributed by atoms with Crippen LogP contribution in [0.1, 0.15) is 35.4 Å². The fraction of sp³-hybridized carbons (Fsp3) is 0.538. The van der Waals surface area contributed by atoms with Gasteiger partial charge in [-0.1, -0.05) is 0 Å². The van der Waals surface area contributed by atoms with Crippen LogP contribution < -0.4 is 10.0 Å². The van der Waals surface area contributed by atoms with E-state index >= 15 is 0 Å². The van der Waals surface area contributed by atoms with Crippen molar-refractivity contribution in [1.82, 2.24) is 10.0 Å². The smallest absolute Gasteiger partial charge is 0.341 e. The van der Waals surface area contributed by atoms with E-state index in [0.717, 1.165) is 18.9 Å². The van der Waals surface area contributed by atoms with Gasteiger partial charge in [0.2, 0.25) is 11.0 Å². The number of hydrogen-bond acceptors (Lipinski definition) is 6. The van der Waals surface area contributed by atoms with Crippen LogP contribution >= 0.6 is 0 Å². The van der Waals surface area contributed by atoms with Crippen molar-refractivity contribution in [3.05, 3.63) is 17.4 Å². The third kappa shape index (κ3) is 3.47. The molecule has 2 N–H and O–H groups in total. The Hall–Kier alpha value is -1.87. The Balaban J connectivity index is 2.23. The average molecular weight is 330 g/mol. The van der Waals surface area contributed by atoms with E-state index in [9.17, 15) is 18.0 Å². The van der Waals surface area contributed by atoms with E-state index in [4.69, 9.17) is 4.42 Å². The Bertz CT molecular complexity index is 679. The lowest BCUT2D eigenvalue weighted by Crippen LogP contribution is -2.45. The molecule has 0 spiro atoms. The molecule has 2 rings (SSSR count). The largest absolute Gasteiger partial charge is 0.465 e. The van der Waals surface area contributed by atoms with E-state index in [1.54, 1.807) is 0 Å². The summed E-state index contributed by atoms with van der Waals surface area (Å²) in [5, 5.41) is 2.23. The molecular weight excluding hydrogens is 312 g/mol. The zero-order chi connectivity index (χ0) is 16.3. The fourth-order valence-electron chi connectivity index (χ4n) is 2.20. The number of methoxy groups -OCH3 is 1. The van der Waals surface area contributed by atoms with Crippen LogP contribution in [0.4, 0.5) is 0 Å². The van der Waals surface area contributed by atoms with Crippen LogP contribution in [0.25, 0.3) is 0 Å². The average Bonchev–Trinajstić information content (AvgIpc) is 2.76. The van der Waals surface area contributed by atoms with Crippen molar-refractivity contribution >= 4 is 21.9 Å². The molecule has 0 aromatic carbocycles. The van der Waals surface area contributed by atoms with Gasteiger partial charge in [-0.15, -0.1) is 0 Å². The molecule has 0 unspecified atom stereocenters. The highest BCUT2D eigenvalue weighted by Crippen LogP contribution is 2.20. The first-order valence-corrected chi connectivity index (χ1v) is 8.32. The van der Waals surface area contributed by atoms with Crippen LogP contribution in [-0.4, -0.2) is 40.0 Å². The lowest BCUT2D eigenvalue weighted by atomic mass is 10.1. The number of carbonyl (C=O) groups excluding carboxylic acids is 2. The molecule has 0 aliphatic carbocycles. The van der Waals surface area contributed by atoms with Crippen molar-refractivity contribution in [2.24, 2.45) is 0 Å². The first-order valence-electron chi connectivity index (χ1n) is 6.84. The number of amides is 1. The molecular formula is C13H18N2O6S. The van der Waals surface area contributed by atoms with E-state index < -0.39 is 27.1 Å². The number of furan rings is 1. The summed E-state index contributed by atoms with van der Waals surface area (Å²) in [6.07, 6.45) is 1.95. The fourth-order valence-corrected chi connectivity index (χ4v) is 3.42. The molecule has 1 atom stereocenters. The standard InChI is InChI=1S/C13H18N2O6S/c1-8-9(13(17)20-2)7-11(21-8)22(18,19)15-10-5-3-4-6-14-12(10)16/h7,10,15H,3-6H2,1-2H3,(H,14,16)/t10-/m0/s1. The molecule has 2 heterocycles. The zero-order valence-electron chi connectivity index (χ0n) is 12.3. The van der Waals surface area contributed by atoms with Crippen molar-refractivity contribution in [2.75, 3.05) is 13.7 Å². The van der Waals surface area contributed by atoms with Gasteiger partial charge in [0.25, 0.3) is 10.0 Å². The van der Waals surface area contributed by atoms with E-state index in [0.29, 0.717) is 13.0 Å². The summed E-state index contributed by atoms with van der Waals surface area (Å²) in [7, 11) is -2.85. The lowest BCUT2D eigenvalue weighted by Gasteiger charge is -2.13. The number of sulfonamides is 1. The van der Waals surface area contributed by atoms with Gasteiger partial charge < -0.3 is 14.5 Å². The first-order chi connectivity index (χ1) is 10.3. The molecule has 122 valence electrons. The maximum absolute atomic E-state index is 12.3. The minimum atomic E-state index is -4.04. The summed E-state index contributed by atoms with van der Waals surface area (Å²) in [4.78, 5) is 23.3. The molecule has 1 fully saturated rings. The normalized spacial score (nSPS) is 19.4. The van der Waals surface area contributed by atoms with Gasteiger partial charge in [-0.05, 0) is 26.2 Å². The summed E-state index contributed by atoms with van der Waals surface area (Å²) in [6, 6.07) is 0.248. The highest BCUT2D eigenvalue weighted by molar-refractivity contribution is 7.89. The summed E-state index contributed by atoms with van der Waals surface area (Å²) in [5.41, 5.74) is 0.0354. The number of ether oxygens (including phenoxy) is 1. The second-order valence-corrected chi connectivity index (χ2v) is 6.63. The van der Waals surface area contributed by atoms with E-state index in [1.165, 1.54) is 14.0 Å². The minimum absolute atomic E-state index is 0.0354. The Morgan fingerprint density at radius 1 is 1.45 bits per heavy atom. The maximum Gasteiger partial charge on any atom is 0.341 e. The molecule has 0 saturated carbocycles. The van der Waals surface area contributed by atoms with Gasteiger partial charge in [-0.2, -0.15) is 4.72 Å². The van der Waals surface area contributed by atoms with Crippen LogP contribution in [-0.2, 0) is 19.6 Å². The van der Waals surface area contributed by atoms with Gasteiger partial charge in [-0.25, -0.2) is 13.2 Å². The third-order valence-corrected chi connectivity index (χ3v) is 4.72. The van der Waals surface area contributed by atoms with Gasteiger partial charge >= 0.3 is 5.97 Å². The van der Waals surface area contributed by atoms with Crippen LogP contribution in [0.3, 0.4) is 0 Å². The molecule has 8 nitrogen and oxygen atoms in total. The molecule has 0 radical (unpaired) electrons. The molecule has 1 aromatic rings. The lowest BCUT2D eigenvalue weighted by molar-refractivity contribution is -0.122. The van der Waals surface area contributed by atoms with Gasteiger partial charge in [0.05, 0.1) is 7.11 Å². The van der Waals surface area contributed by atoms with E-state index in [-0.39, 0.29) is 17.2 Å². The van der Waals surface area contributed by atoms with Crippen LogP contribution in [0, 0.1) is 6.92 Å². The SMILES string of the molecule is COC(=O)c1cc(S(=O)(=O)N[C@H]2CCCCNC2=O)oc1C. The monoisotopic (exact) mass is 330 g/mol. The van der Waals surface area contributed by atoms with Crippen LogP contribution in [0.2, 0.25) is 0 Å². The van der Waals surface area contributed by atoms with Gasteiger partial charge in [0.1, 0.15) is 17.4 Å². The van der Waals surface area contributed by atoms with Crippen LogP contribution in [0.15, 0.2) is 15.6 Å². The third-order valence-electron chi connectivity index (χ3n) is 3.40. The Labute approximate surface area is 128 Å². The highest BCUT2D eigenvalue weighted by Gasteiger charge is 2.30. The quantitative estimate of drug-likeness (QED) is 0.769. The molecule has 1 aliphatic heterocycles. The topological polar surface area (TPSA) is 115 Å². The van der Waals surface area contributed by atoms with Crippen molar-refractivity contribution in [2.45, 2.75) is 37.3 Å². The van der Waals surface area contributed by atoms with Gasteiger partial charge in [0.15, 0.2) is 0 Å². The second kappa shape index (κ2) is 6.49. The predicted molar refractivity (Wildman–Crippen MR) is 75.8 cm³/mol. The van der Waals surface area contributed by atoms with Gasteiger partial charge in [-0.3, -0.25) is 4.79 Å². The number of nitrogens with one attached hydrogen (secondary N) is 2. The summed E-state index contributed by atoms with van der Waals surface area (Å²) < 4.78 is 36.6. The summed E-state index contributed by atoms with van der Waals surface area (Å²) in [5.74, 6) is -0.912. The second-order valence-electron chi connectivity index (χ2n) is 4.99. The van der Waals surface area contributed by atoms with Crippen LogP contribution in [0.5, 0.6) is 0 Å². The number of rotatable bonds is 4. The minimum Gasteiger partial charge on any atom is -0.465 e. The Morgan fingerprint density at radius 3 is 2.86 bits per heavy atom. The number of carbonyl (C=O) groups is 2. The Morgan fingerprint density at radius 2 is 2.18 bits per heavy atom. The van der Waals surface area contributed by atoms with Crippen molar-refractivity contribution in [3.8, 4) is 0 Å². The van der Waals surface area contributed by atoms with Gasteiger partial charge in [0, 0.05) is 12.6 Å². The number of esters is 1. The number of hydrogen-bond donors (Lipinski definition) is 2. The zero-order valence-corrected chi connectivity index (χ0v) is 13.2. The van der Waals surface area contributed by atoms with E-state index in [2.05, 4.69) is 14.8 Å². The molecule has 1 saturated heterocycles. The van der Waals surface area contributed by atoms with E-state index in [1.807, 2.05) is 0 Å². The summed E-state index contributed by atoms with van der Waals surface area (Å²) in [6.45, 7) is 1.99. The molecule has 1 amide bonds. The first kappa shape index (κ1) is 16.5. The Kier molecular flexibility index (Phi) is 4.87. The summed E-state index contributed by atoms with van der Waals surface area (Å²) >= 11 is 0. The number of aryl methyl sites for hydroxylation is 1.